The van der Waals surface area contributed by atoms with Crippen LogP contribution in [0.15, 0.2) is 42.5 Å². The van der Waals surface area contributed by atoms with Crippen LogP contribution in [0.3, 0.4) is 0 Å². The average Bonchev–Trinajstić information content (AvgIpc) is 2.60. The predicted molar refractivity (Wildman–Crippen MR) is 92.9 cm³/mol. The molecule has 0 fully saturated rings. The molecule has 5 heteroatoms. The molecule has 122 valence electrons. The number of aryl methyl sites for hydroxylation is 1. The van der Waals surface area contributed by atoms with Gasteiger partial charge in [0.25, 0.3) is 5.91 Å². The van der Waals surface area contributed by atoms with E-state index in [0.29, 0.717) is 0 Å². The first kappa shape index (κ1) is 15.9. The van der Waals surface area contributed by atoms with Gasteiger partial charge < -0.3 is 10.1 Å². The number of nitrogens with zero attached hydrogens (tertiary/aromatic N) is 1. The summed E-state index contributed by atoms with van der Waals surface area (Å²) in [6.07, 6.45) is 0. The standard InChI is InChI=1S/C19H18N2O3/c1-11-14-9-8-13-6-4-5-7-15(13)16(14)10-17(20-11)18(22)21-12(2)19(23)24-3/h4-10,12H,1-3H3,(H,21,22)/t12-/m0/s1. The van der Waals surface area contributed by atoms with Crippen LogP contribution in [-0.2, 0) is 9.53 Å². The highest BCUT2D eigenvalue weighted by Gasteiger charge is 2.18. The first-order valence-corrected chi connectivity index (χ1v) is 7.69. The molecule has 5 nitrogen and oxygen atoms in total. The average molecular weight is 322 g/mol. The van der Waals surface area contributed by atoms with Crippen LogP contribution in [0.4, 0.5) is 0 Å². The van der Waals surface area contributed by atoms with Crippen molar-refractivity contribution in [3.8, 4) is 0 Å². The maximum atomic E-state index is 12.4. The van der Waals surface area contributed by atoms with Crippen LogP contribution in [-0.4, -0.2) is 30.0 Å². The summed E-state index contributed by atoms with van der Waals surface area (Å²) in [5.41, 5.74) is 1.06. The number of ether oxygens (including phenoxy) is 1. The Morgan fingerprint density at radius 1 is 1.08 bits per heavy atom. The van der Waals surface area contributed by atoms with Gasteiger partial charge in [0.2, 0.25) is 0 Å². The molecule has 0 unspecified atom stereocenters. The quantitative estimate of drug-likeness (QED) is 0.594. The minimum absolute atomic E-state index is 0.284. The minimum Gasteiger partial charge on any atom is -0.467 e. The van der Waals surface area contributed by atoms with E-state index in [0.717, 1.165) is 27.2 Å². The maximum absolute atomic E-state index is 12.4. The molecule has 1 heterocycles. The van der Waals surface area contributed by atoms with E-state index in [1.165, 1.54) is 7.11 Å². The first-order valence-electron chi connectivity index (χ1n) is 7.69. The second kappa shape index (κ2) is 6.28. The minimum atomic E-state index is -0.729. The number of pyridine rings is 1. The zero-order chi connectivity index (χ0) is 17.3. The fourth-order valence-corrected chi connectivity index (χ4v) is 2.80. The van der Waals surface area contributed by atoms with Crippen LogP contribution < -0.4 is 5.32 Å². The molecule has 0 aliphatic carbocycles. The van der Waals surface area contributed by atoms with Gasteiger partial charge in [-0.25, -0.2) is 9.78 Å². The molecule has 1 atom stereocenters. The largest absolute Gasteiger partial charge is 0.467 e. The third-order valence-corrected chi connectivity index (χ3v) is 4.06. The Labute approximate surface area is 139 Å². The number of hydrogen-bond acceptors (Lipinski definition) is 4. The van der Waals surface area contributed by atoms with E-state index in [9.17, 15) is 9.59 Å². The highest BCUT2D eigenvalue weighted by Crippen LogP contribution is 2.27. The topological polar surface area (TPSA) is 68.3 Å². The number of carbonyl (C=O) groups excluding carboxylic acids is 2. The van der Waals surface area contributed by atoms with Crippen molar-refractivity contribution in [2.75, 3.05) is 7.11 Å². The number of benzene rings is 2. The van der Waals surface area contributed by atoms with Crippen molar-refractivity contribution in [2.45, 2.75) is 19.9 Å². The summed E-state index contributed by atoms with van der Waals surface area (Å²) in [6, 6.07) is 13.1. The Kier molecular flexibility index (Phi) is 4.16. The van der Waals surface area contributed by atoms with Crippen molar-refractivity contribution in [3.05, 3.63) is 53.9 Å². The monoisotopic (exact) mass is 322 g/mol. The summed E-state index contributed by atoms with van der Waals surface area (Å²) >= 11 is 0. The third kappa shape index (κ3) is 2.80. The van der Waals surface area contributed by atoms with Gasteiger partial charge in [0.05, 0.1) is 7.11 Å². The SMILES string of the molecule is COC(=O)[C@H](C)NC(=O)c1cc2c(ccc3ccccc32)c(C)n1. The van der Waals surface area contributed by atoms with Gasteiger partial charge in [0.15, 0.2) is 0 Å². The van der Waals surface area contributed by atoms with Gasteiger partial charge >= 0.3 is 5.97 Å². The lowest BCUT2D eigenvalue weighted by Gasteiger charge is -2.13. The normalized spacial score (nSPS) is 12.1. The summed E-state index contributed by atoms with van der Waals surface area (Å²) in [7, 11) is 1.29. The highest BCUT2D eigenvalue weighted by atomic mass is 16.5. The molecule has 2 aromatic carbocycles. The van der Waals surface area contributed by atoms with Crippen LogP contribution in [0.25, 0.3) is 21.5 Å². The lowest BCUT2D eigenvalue weighted by Crippen LogP contribution is -2.39. The molecule has 0 aliphatic rings. The molecule has 3 rings (SSSR count). The van der Waals surface area contributed by atoms with E-state index in [1.807, 2.05) is 43.3 Å². The number of nitrogens with one attached hydrogen (secondary N) is 1. The maximum Gasteiger partial charge on any atom is 0.328 e. The number of amides is 1. The highest BCUT2D eigenvalue weighted by molar-refractivity contribution is 6.10. The van der Waals surface area contributed by atoms with Gasteiger partial charge in [-0.1, -0.05) is 36.4 Å². The molecule has 1 N–H and O–H groups in total. The molecule has 1 amide bonds. The van der Waals surface area contributed by atoms with Crippen molar-refractivity contribution in [3.63, 3.8) is 0 Å². The van der Waals surface area contributed by atoms with Gasteiger partial charge in [0, 0.05) is 11.1 Å². The summed E-state index contributed by atoms with van der Waals surface area (Å²) < 4.78 is 4.63. The zero-order valence-electron chi connectivity index (χ0n) is 13.8. The molecule has 1 aromatic heterocycles. The van der Waals surface area contributed by atoms with Crippen LogP contribution >= 0.6 is 0 Å². The molecule has 3 aromatic rings. The lowest BCUT2D eigenvalue weighted by atomic mass is 10.0. The lowest BCUT2D eigenvalue weighted by molar-refractivity contribution is -0.142. The number of hydrogen-bond donors (Lipinski definition) is 1. The Morgan fingerprint density at radius 2 is 1.83 bits per heavy atom. The van der Waals surface area contributed by atoms with Crippen molar-refractivity contribution >= 4 is 33.4 Å². The predicted octanol–water partition coefficient (Wildman–Crippen LogP) is 2.99. The molecule has 0 saturated carbocycles. The van der Waals surface area contributed by atoms with Gasteiger partial charge in [-0.3, -0.25) is 4.79 Å². The van der Waals surface area contributed by atoms with E-state index in [4.69, 9.17) is 0 Å². The fourth-order valence-electron chi connectivity index (χ4n) is 2.80. The van der Waals surface area contributed by atoms with Crippen LogP contribution in [0, 0.1) is 6.92 Å². The molecule has 0 bridgehead atoms. The van der Waals surface area contributed by atoms with Crippen LogP contribution in [0.1, 0.15) is 23.1 Å². The zero-order valence-corrected chi connectivity index (χ0v) is 13.8. The van der Waals surface area contributed by atoms with Gasteiger partial charge in [-0.2, -0.15) is 0 Å². The number of aromatic nitrogens is 1. The fraction of sp³-hybridized carbons (Fsp3) is 0.211. The molecule has 0 saturated heterocycles. The van der Waals surface area contributed by atoms with Crippen molar-refractivity contribution in [1.82, 2.24) is 10.3 Å². The number of fused-ring (bicyclic) bond motifs is 3. The Hall–Kier alpha value is -2.95. The van der Waals surface area contributed by atoms with Gasteiger partial charge in [-0.05, 0) is 36.1 Å². The molecule has 24 heavy (non-hydrogen) atoms. The van der Waals surface area contributed by atoms with Crippen molar-refractivity contribution in [1.29, 1.82) is 0 Å². The molecule has 0 aliphatic heterocycles. The first-order chi connectivity index (χ1) is 11.5. The molecular weight excluding hydrogens is 304 g/mol. The van der Waals surface area contributed by atoms with Crippen molar-refractivity contribution in [2.24, 2.45) is 0 Å². The van der Waals surface area contributed by atoms with E-state index in [1.54, 1.807) is 13.0 Å². The second-order valence-corrected chi connectivity index (χ2v) is 5.69. The smallest absolute Gasteiger partial charge is 0.328 e. The van der Waals surface area contributed by atoms with Gasteiger partial charge in [-0.15, -0.1) is 0 Å². The second-order valence-electron chi connectivity index (χ2n) is 5.69. The third-order valence-electron chi connectivity index (χ3n) is 4.06. The summed E-state index contributed by atoms with van der Waals surface area (Å²) in [5.74, 6) is -0.892. The number of rotatable bonds is 3. The van der Waals surface area contributed by atoms with Crippen LogP contribution in [0.5, 0.6) is 0 Å². The van der Waals surface area contributed by atoms with E-state index >= 15 is 0 Å². The Morgan fingerprint density at radius 3 is 2.58 bits per heavy atom. The Bertz CT molecular complexity index is 950. The summed E-state index contributed by atoms with van der Waals surface area (Å²) in [4.78, 5) is 28.3. The summed E-state index contributed by atoms with van der Waals surface area (Å²) in [6.45, 7) is 3.45. The molecular formula is C19H18N2O3. The van der Waals surface area contributed by atoms with E-state index < -0.39 is 17.9 Å². The number of methoxy groups -OCH3 is 1. The summed E-state index contributed by atoms with van der Waals surface area (Å²) in [5, 5.41) is 6.75. The van der Waals surface area contributed by atoms with Crippen LogP contribution in [0.2, 0.25) is 0 Å². The Balaban J connectivity index is 2.08. The molecule has 0 radical (unpaired) electrons. The van der Waals surface area contributed by atoms with E-state index in [2.05, 4.69) is 15.0 Å². The molecule has 0 spiro atoms. The van der Waals surface area contributed by atoms with Gasteiger partial charge in [0.1, 0.15) is 11.7 Å². The van der Waals surface area contributed by atoms with E-state index in [-0.39, 0.29) is 5.69 Å². The number of carbonyl (C=O) groups is 2. The van der Waals surface area contributed by atoms with Crippen molar-refractivity contribution < 1.29 is 14.3 Å². The number of esters is 1.